The van der Waals surface area contributed by atoms with E-state index in [0.717, 1.165) is 6.42 Å². The molecule has 2 heterocycles. The molecule has 5 nitrogen and oxygen atoms in total. The number of nitrogens with zero attached hydrogens (tertiary/aromatic N) is 1. The number of methoxy groups -OCH3 is 1. The molecule has 3 rings (SSSR count). The van der Waals surface area contributed by atoms with Gasteiger partial charge in [-0.05, 0) is 33.1 Å². The fourth-order valence-electron chi connectivity index (χ4n) is 2.64. The lowest BCUT2D eigenvalue weighted by molar-refractivity contribution is -0.151. The van der Waals surface area contributed by atoms with Crippen LogP contribution in [-0.2, 0) is 14.3 Å². The molecule has 2 saturated heterocycles. The highest BCUT2D eigenvalue weighted by Gasteiger charge is 2.58. The van der Waals surface area contributed by atoms with Crippen molar-refractivity contribution in [1.29, 1.82) is 0 Å². The number of carbonyl (C=O) groups excluding carboxylic acids is 2. The van der Waals surface area contributed by atoms with E-state index in [4.69, 9.17) is 9.47 Å². The standard InChI is InChI=1S/C12H19NO4/c1-12(2,3)17-11(15)13-6-7-5-8(13)9(7)10(14)16-4/h7-9H,5-6H2,1-4H3/t7-,8-,9+/m0/s1. The van der Waals surface area contributed by atoms with E-state index in [9.17, 15) is 9.59 Å². The van der Waals surface area contributed by atoms with E-state index in [1.165, 1.54) is 7.11 Å². The lowest BCUT2D eigenvalue weighted by Crippen LogP contribution is -2.46. The summed E-state index contributed by atoms with van der Waals surface area (Å²) in [5.74, 6) is -0.107. The van der Waals surface area contributed by atoms with Gasteiger partial charge in [-0.15, -0.1) is 0 Å². The fraction of sp³-hybridized carbons (Fsp3) is 0.833. The lowest BCUT2D eigenvalue weighted by atomic mass is 9.74. The second-order valence-corrected chi connectivity index (χ2v) is 5.74. The number of esters is 1. The van der Waals surface area contributed by atoms with Gasteiger partial charge in [0.25, 0.3) is 0 Å². The van der Waals surface area contributed by atoms with Crippen LogP contribution in [-0.4, -0.2) is 42.3 Å². The Balaban J connectivity index is 1.98. The molecule has 1 saturated carbocycles. The fourth-order valence-corrected chi connectivity index (χ4v) is 2.64. The van der Waals surface area contributed by atoms with Crippen molar-refractivity contribution in [3.63, 3.8) is 0 Å². The van der Waals surface area contributed by atoms with Crippen molar-refractivity contribution in [3.8, 4) is 0 Å². The smallest absolute Gasteiger partial charge is 0.410 e. The molecule has 0 aromatic heterocycles. The number of fused-ring (bicyclic) bond motifs is 1. The van der Waals surface area contributed by atoms with Crippen molar-refractivity contribution in [2.45, 2.75) is 38.8 Å². The summed E-state index contributed by atoms with van der Waals surface area (Å²) in [4.78, 5) is 25.1. The maximum atomic E-state index is 11.9. The van der Waals surface area contributed by atoms with E-state index in [0.29, 0.717) is 6.54 Å². The van der Waals surface area contributed by atoms with Crippen LogP contribution < -0.4 is 0 Å². The second kappa shape index (κ2) is 3.89. The summed E-state index contributed by atoms with van der Waals surface area (Å²) in [5.41, 5.74) is -0.495. The Kier molecular flexibility index (Phi) is 2.79. The van der Waals surface area contributed by atoms with Crippen LogP contribution in [0.1, 0.15) is 27.2 Å². The largest absolute Gasteiger partial charge is 0.469 e. The molecule has 3 fully saturated rings. The van der Waals surface area contributed by atoms with Crippen LogP contribution in [0, 0.1) is 11.8 Å². The van der Waals surface area contributed by atoms with Crippen molar-refractivity contribution in [2.75, 3.05) is 13.7 Å². The van der Waals surface area contributed by atoms with Crippen LogP contribution in [0.25, 0.3) is 0 Å². The molecule has 3 aliphatic rings. The molecule has 0 radical (unpaired) electrons. The highest BCUT2D eigenvalue weighted by atomic mass is 16.6. The third kappa shape index (κ3) is 2.10. The van der Waals surface area contributed by atoms with E-state index in [-0.39, 0.29) is 29.9 Å². The van der Waals surface area contributed by atoms with Gasteiger partial charge in [-0.3, -0.25) is 4.79 Å². The number of hydrogen-bond acceptors (Lipinski definition) is 4. The van der Waals surface area contributed by atoms with Crippen molar-refractivity contribution in [2.24, 2.45) is 11.8 Å². The van der Waals surface area contributed by atoms with Gasteiger partial charge in [0.1, 0.15) is 5.60 Å². The molecule has 17 heavy (non-hydrogen) atoms. The van der Waals surface area contributed by atoms with Gasteiger partial charge < -0.3 is 14.4 Å². The summed E-state index contributed by atoms with van der Waals surface area (Å²) in [6, 6.07) is -0.0256. The maximum absolute atomic E-state index is 11.9. The maximum Gasteiger partial charge on any atom is 0.410 e. The lowest BCUT2D eigenvalue weighted by Gasteiger charge is -2.34. The Bertz CT molecular complexity index is 347. The van der Waals surface area contributed by atoms with Crippen molar-refractivity contribution in [1.82, 2.24) is 4.90 Å². The zero-order chi connectivity index (χ0) is 12.8. The summed E-state index contributed by atoms with van der Waals surface area (Å²) in [6.45, 7) is 6.12. The Morgan fingerprint density at radius 2 is 1.94 bits per heavy atom. The molecular formula is C12H19NO4. The highest BCUT2D eigenvalue weighted by Crippen LogP contribution is 2.47. The molecule has 5 heteroatoms. The first-order chi connectivity index (χ1) is 7.83. The zero-order valence-corrected chi connectivity index (χ0v) is 10.7. The highest BCUT2D eigenvalue weighted by molar-refractivity contribution is 5.78. The summed E-state index contributed by atoms with van der Waals surface area (Å²) >= 11 is 0. The van der Waals surface area contributed by atoms with Gasteiger partial charge in [0, 0.05) is 12.6 Å². The average molecular weight is 241 g/mol. The first kappa shape index (κ1) is 12.2. The van der Waals surface area contributed by atoms with Crippen LogP contribution in [0.15, 0.2) is 0 Å². The van der Waals surface area contributed by atoms with Gasteiger partial charge in [0.15, 0.2) is 0 Å². The predicted octanol–water partition coefficient (Wildman–Crippen LogP) is 1.41. The molecule has 2 aliphatic heterocycles. The van der Waals surface area contributed by atoms with Gasteiger partial charge in [-0.1, -0.05) is 0 Å². The molecule has 1 aliphatic carbocycles. The Morgan fingerprint density at radius 3 is 2.47 bits per heavy atom. The Morgan fingerprint density at radius 1 is 1.29 bits per heavy atom. The monoisotopic (exact) mass is 241 g/mol. The van der Waals surface area contributed by atoms with Crippen molar-refractivity contribution in [3.05, 3.63) is 0 Å². The van der Waals surface area contributed by atoms with Gasteiger partial charge in [0.2, 0.25) is 0 Å². The van der Waals surface area contributed by atoms with Crippen molar-refractivity contribution < 1.29 is 19.1 Å². The van der Waals surface area contributed by atoms with Crippen LogP contribution >= 0.6 is 0 Å². The molecule has 0 aromatic carbocycles. The minimum Gasteiger partial charge on any atom is -0.469 e. The number of amides is 1. The van der Waals surface area contributed by atoms with E-state index in [1.807, 2.05) is 20.8 Å². The SMILES string of the molecule is COC(=O)[C@@H]1[C@H]2C[C@@H]1N(C(=O)OC(C)(C)C)C2. The summed E-state index contributed by atoms with van der Waals surface area (Å²) in [7, 11) is 1.39. The summed E-state index contributed by atoms with van der Waals surface area (Å²) < 4.78 is 10.1. The minimum atomic E-state index is -0.495. The van der Waals surface area contributed by atoms with E-state index >= 15 is 0 Å². The molecule has 3 atom stereocenters. The Labute approximate surface area is 101 Å². The first-order valence-electron chi connectivity index (χ1n) is 5.91. The first-order valence-corrected chi connectivity index (χ1v) is 5.91. The summed E-state index contributed by atoms with van der Waals surface area (Å²) in [5, 5.41) is 0. The molecule has 0 aromatic rings. The van der Waals surface area contributed by atoms with E-state index < -0.39 is 5.60 Å². The average Bonchev–Trinajstić information content (AvgIpc) is 2.71. The molecule has 0 unspecified atom stereocenters. The quantitative estimate of drug-likeness (QED) is 0.651. The number of carbonyl (C=O) groups is 2. The van der Waals surface area contributed by atoms with Crippen molar-refractivity contribution >= 4 is 12.1 Å². The van der Waals surface area contributed by atoms with Crippen LogP contribution in [0.2, 0.25) is 0 Å². The van der Waals surface area contributed by atoms with Gasteiger partial charge >= 0.3 is 12.1 Å². The van der Waals surface area contributed by atoms with E-state index in [1.54, 1.807) is 4.90 Å². The third-order valence-corrected chi connectivity index (χ3v) is 3.40. The molecule has 0 N–H and O–H groups in total. The predicted molar refractivity (Wildman–Crippen MR) is 60.3 cm³/mol. The second-order valence-electron chi connectivity index (χ2n) is 5.74. The summed E-state index contributed by atoms with van der Waals surface area (Å²) in [6.07, 6.45) is 0.565. The molecular weight excluding hydrogens is 222 g/mol. The van der Waals surface area contributed by atoms with Gasteiger partial charge in [-0.25, -0.2) is 4.79 Å². The van der Waals surface area contributed by atoms with Crippen LogP contribution in [0.3, 0.4) is 0 Å². The Hall–Kier alpha value is -1.26. The zero-order valence-electron chi connectivity index (χ0n) is 10.7. The molecule has 2 bridgehead atoms. The topological polar surface area (TPSA) is 55.8 Å². The van der Waals surface area contributed by atoms with Crippen LogP contribution in [0.4, 0.5) is 4.79 Å². The van der Waals surface area contributed by atoms with E-state index in [2.05, 4.69) is 0 Å². The third-order valence-electron chi connectivity index (χ3n) is 3.40. The normalized spacial score (nSPS) is 30.8. The number of ether oxygens (including phenoxy) is 2. The minimum absolute atomic E-state index is 0.0256. The van der Waals surface area contributed by atoms with Gasteiger partial charge in [0.05, 0.1) is 13.0 Å². The van der Waals surface area contributed by atoms with Gasteiger partial charge in [-0.2, -0.15) is 0 Å². The molecule has 1 amide bonds. The molecule has 96 valence electrons. The number of hydrogen-bond donors (Lipinski definition) is 0. The number of rotatable bonds is 1. The molecule has 0 spiro atoms. The van der Waals surface area contributed by atoms with Crippen LogP contribution in [0.5, 0.6) is 0 Å².